The molecule has 234 valence electrons. The van der Waals surface area contributed by atoms with Crippen molar-refractivity contribution in [3.05, 3.63) is 182 Å². The largest absolute Gasteiger partial charge is 0.455 e. The predicted octanol–water partition coefficient (Wildman–Crippen LogP) is 13.8. The first-order chi connectivity index (χ1) is 24.8. The minimum absolute atomic E-state index is 0.833. The van der Waals surface area contributed by atoms with Gasteiger partial charge in [0.2, 0.25) is 0 Å². The third kappa shape index (κ3) is 4.57. The molecule has 0 aliphatic carbocycles. The lowest BCUT2D eigenvalue weighted by atomic mass is 9.96. The van der Waals surface area contributed by atoms with Gasteiger partial charge in [-0.2, -0.15) is 0 Å². The van der Waals surface area contributed by atoms with Crippen LogP contribution in [-0.2, 0) is 0 Å². The van der Waals surface area contributed by atoms with Gasteiger partial charge >= 0.3 is 0 Å². The van der Waals surface area contributed by atoms with Gasteiger partial charge in [0.1, 0.15) is 22.3 Å². The number of rotatable bonds is 5. The molecule has 0 spiro atoms. The second-order valence-corrected chi connectivity index (χ2v) is 12.8. The monoisotopic (exact) mass is 638 g/mol. The first kappa shape index (κ1) is 28.4. The van der Waals surface area contributed by atoms with Crippen LogP contribution in [0.2, 0.25) is 0 Å². The molecule has 0 N–H and O–H groups in total. The SMILES string of the molecule is c1ccc(-c2ccc(-c3cccc4c3oc3c(-c5ccccc5)c5oc6c(-c7ccc(-c8ccccc8)cc7)cccc6c5cc34)cc2)cc1. The number of hydrogen-bond acceptors (Lipinski definition) is 2. The Morgan fingerprint density at radius 1 is 0.240 bits per heavy atom. The number of fused-ring (bicyclic) bond motifs is 6. The molecule has 0 saturated heterocycles. The van der Waals surface area contributed by atoms with E-state index in [0.717, 1.165) is 77.3 Å². The molecule has 50 heavy (non-hydrogen) atoms. The van der Waals surface area contributed by atoms with Crippen molar-refractivity contribution < 1.29 is 8.83 Å². The Balaban J connectivity index is 1.17. The maximum atomic E-state index is 6.95. The van der Waals surface area contributed by atoms with Gasteiger partial charge in [-0.15, -0.1) is 0 Å². The number of furan rings is 2. The number of para-hydroxylation sites is 2. The van der Waals surface area contributed by atoms with Gasteiger partial charge in [0, 0.05) is 32.7 Å². The third-order valence-corrected chi connectivity index (χ3v) is 9.92. The fraction of sp³-hybridized carbons (Fsp3) is 0. The summed E-state index contributed by atoms with van der Waals surface area (Å²) in [7, 11) is 0. The lowest BCUT2D eigenvalue weighted by Crippen LogP contribution is -1.81. The molecule has 0 radical (unpaired) electrons. The van der Waals surface area contributed by atoms with Crippen molar-refractivity contribution in [2.75, 3.05) is 0 Å². The van der Waals surface area contributed by atoms with E-state index in [0.29, 0.717) is 0 Å². The lowest BCUT2D eigenvalue weighted by molar-refractivity contribution is 0.659. The zero-order valence-electron chi connectivity index (χ0n) is 27.1. The predicted molar refractivity (Wildman–Crippen MR) is 208 cm³/mol. The van der Waals surface area contributed by atoms with Gasteiger partial charge in [-0.3, -0.25) is 0 Å². The summed E-state index contributed by atoms with van der Waals surface area (Å²) < 4.78 is 13.9. The molecule has 0 saturated carbocycles. The van der Waals surface area contributed by atoms with Crippen LogP contribution in [0.4, 0.5) is 0 Å². The van der Waals surface area contributed by atoms with Gasteiger partial charge in [-0.1, -0.05) is 176 Å². The maximum absolute atomic E-state index is 6.95. The molecule has 0 unspecified atom stereocenters. The van der Waals surface area contributed by atoms with Crippen LogP contribution in [0.15, 0.2) is 191 Å². The van der Waals surface area contributed by atoms with Gasteiger partial charge in [0.25, 0.3) is 0 Å². The summed E-state index contributed by atoms with van der Waals surface area (Å²) in [5, 5.41) is 4.33. The summed E-state index contributed by atoms with van der Waals surface area (Å²) >= 11 is 0. The second-order valence-electron chi connectivity index (χ2n) is 12.8. The minimum Gasteiger partial charge on any atom is -0.455 e. The maximum Gasteiger partial charge on any atom is 0.147 e. The second kappa shape index (κ2) is 11.5. The van der Waals surface area contributed by atoms with Gasteiger partial charge in [-0.05, 0) is 45.0 Å². The third-order valence-electron chi connectivity index (χ3n) is 9.92. The molecular weight excluding hydrogens is 609 g/mol. The fourth-order valence-electron chi connectivity index (χ4n) is 7.45. The highest BCUT2D eigenvalue weighted by atomic mass is 16.3. The van der Waals surface area contributed by atoms with E-state index in [9.17, 15) is 0 Å². The van der Waals surface area contributed by atoms with Gasteiger partial charge in [-0.25, -0.2) is 0 Å². The van der Waals surface area contributed by atoms with Crippen molar-refractivity contribution in [1.82, 2.24) is 0 Å². The van der Waals surface area contributed by atoms with E-state index in [-0.39, 0.29) is 0 Å². The van der Waals surface area contributed by atoms with Crippen LogP contribution in [0.5, 0.6) is 0 Å². The van der Waals surface area contributed by atoms with E-state index in [1.807, 2.05) is 18.2 Å². The molecular formula is C48H30O2. The molecule has 0 atom stereocenters. The zero-order valence-corrected chi connectivity index (χ0v) is 27.1. The Kier molecular flexibility index (Phi) is 6.53. The smallest absolute Gasteiger partial charge is 0.147 e. The normalized spacial score (nSPS) is 11.6. The molecule has 2 aromatic heterocycles. The van der Waals surface area contributed by atoms with Crippen molar-refractivity contribution in [2.24, 2.45) is 0 Å². The molecule has 2 nitrogen and oxygen atoms in total. The highest BCUT2D eigenvalue weighted by Crippen LogP contribution is 2.47. The van der Waals surface area contributed by atoms with Crippen LogP contribution in [0.3, 0.4) is 0 Å². The number of benzene rings is 8. The van der Waals surface area contributed by atoms with Crippen molar-refractivity contribution in [1.29, 1.82) is 0 Å². The van der Waals surface area contributed by atoms with Crippen molar-refractivity contribution in [3.63, 3.8) is 0 Å². The Morgan fingerprint density at radius 2 is 0.600 bits per heavy atom. The molecule has 0 aliphatic rings. The topological polar surface area (TPSA) is 26.3 Å². The van der Waals surface area contributed by atoms with E-state index in [4.69, 9.17) is 8.83 Å². The van der Waals surface area contributed by atoms with Crippen molar-refractivity contribution in [3.8, 4) is 55.6 Å². The quantitative estimate of drug-likeness (QED) is 0.187. The van der Waals surface area contributed by atoms with Crippen LogP contribution in [0.1, 0.15) is 0 Å². The van der Waals surface area contributed by atoms with Crippen LogP contribution < -0.4 is 0 Å². The molecule has 0 fully saturated rings. The Hall–Kier alpha value is -6.64. The molecule has 2 heteroatoms. The van der Waals surface area contributed by atoms with Gasteiger partial charge in [0.15, 0.2) is 0 Å². The van der Waals surface area contributed by atoms with Crippen molar-refractivity contribution >= 4 is 43.9 Å². The van der Waals surface area contributed by atoms with E-state index < -0.39 is 0 Å². The summed E-state index contributed by atoms with van der Waals surface area (Å²) in [5.41, 5.74) is 14.6. The van der Waals surface area contributed by atoms with E-state index in [2.05, 4.69) is 164 Å². The summed E-state index contributed by atoms with van der Waals surface area (Å²) in [6, 6.07) is 64.1. The highest BCUT2D eigenvalue weighted by molar-refractivity contribution is 6.24. The standard InChI is InChI=1S/C48H30O2/c1-4-12-31(13-5-1)33-22-26-35(27-23-33)38-18-10-20-40-42-30-43-41-21-11-19-39(36-28-24-34(25-29-36)32-14-6-2-7-15-32)46(41)50-48(43)44(47(42)49-45(38)40)37-16-8-3-9-17-37/h1-30H. The fourth-order valence-corrected chi connectivity index (χ4v) is 7.45. The first-order valence-electron chi connectivity index (χ1n) is 17.0. The van der Waals surface area contributed by atoms with E-state index >= 15 is 0 Å². The number of hydrogen-bond donors (Lipinski definition) is 0. The Labute approximate surface area is 289 Å². The summed E-state index contributed by atoms with van der Waals surface area (Å²) in [6.45, 7) is 0. The molecule has 8 aromatic carbocycles. The molecule has 0 bridgehead atoms. The molecule has 10 aromatic rings. The van der Waals surface area contributed by atoms with Crippen LogP contribution in [0.25, 0.3) is 99.5 Å². The summed E-state index contributed by atoms with van der Waals surface area (Å²) in [5.74, 6) is 0. The highest BCUT2D eigenvalue weighted by Gasteiger charge is 2.23. The van der Waals surface area contributed by atoms with Gasteiger partial charge in [0.05, 0.1) is 5.56 Å². The van der Waals surface area contributed by atoms with Crippen LogP contribution >= 0.6 is 0 Å². The first-order valence-corrected chi connectivity index (χ1v) is 17.0. The average Bonchev–Trinajstić information content (AvgIpc) is 3.76. The van der Waals surface area contributed by atoms with E-state index in [1.165, 1.54) is 22.3 Å². The van der Waals surface area contributed by atoms with Gasteiger partial charge < -0.3 is 8.83 Å². The van der Waals surface area contributed by atoms with Crippen LogP contribution in [-0.4, -0.2) is 0 Å². The Bertz CT molecular complexity index is 2630. The molecule has 0 amide bonds. The summed E-state index contributed by atoms with van der Waals surface area (Å²) in [6.07, 6.45) is 0. The molecule has 2 heterocycles. The van der Waals surface area contributed by atoms with Crippen LogP contribution in [0, 0.1) is 0 Å². The Morgan fingerprint density at radius 3 is 1.02 bits per heavy atom. The lowest BCUT2D eigenvalue weighted by Gasteiger charge is -2.06. The zero-order chi connectivity index (χ0) is 33.0. The minimum atomic E-state index is 0.833. The summed E-state index contributed by atoms with van der Waals surface area (Å²) in [4.78, 5) is 0. The molecule has 10 rings (SSSR count). The van der Waals surface area contributed by atoms with E-state index in [1.54, 1.807) is 0 Å². The average molecular weight is 639 g/mol. The van der Waals surface area contributed by atoms with Crippen molar-refractivity contribution in [2.45, 2.75) is 0 Å². The molecule has 0 aliphatic heterocycles.